The first-order chi connectivity index (χ1) is 19.8. The molecule has 5 aromatic rings. The Morgan fingerprint density at radius 2 is 1.59 bits per heavy atom. The van der Waals surface area contributed by atoms with Gasteiger partial charge in [-0.05, 0) is 40.3 Å². The van der Waals surface area contributed by atoms with Gasteiger partial charge in [0.2, 0.25) is 11.7 Å². The Bertz CT molecular complexity index is 1690. The van der Waals surface area contributed by atoms with Crippen molar-refractivity contribution < 1.29 is 18.0 Å². The fourth-order valence-corrected chi connectivity index (χ4v) is 4.90. The third-order valence-corrected chi connectivity index (χ3v) is 6.85. The normalized spacial score (nSPS) is 11.6. The number of hydrogen-bond donors (Lipinski definition) is 1. The van der Waals surface area contributed by atoms with E-state index in [4.69, 9.17) is 0 Å². The Morgan fingerprint density at radius 3 is 2.22 bits per heavy atom. The van der Waals surface area contributed by atoms with Gasteiger partial charge in [-0.25, -0.2) is 9.36 Å². The van der Waals surface area contributed by atoms with Gasteiger partial charge in [0, 0.05) is 5.56 Å². The molecular weight excluding hydrogens is 533 g/mol. The molecule has 0 radical (unpaired) electrons. The summed E-state index contributed by atoms with van der Waals surface area (Å²) in [5.74, 6) is -0.489. The predicted octanol–water partition coefficient (Wildman–Crippen LogP) is 5.79. The average Bonchev–Trinajstić information content (AvgIpc) is 3.60. The standard InChI is InChI=1S/C30H27F3N6O2/c1-2-3-13-25-27(30(31,32)33)39(26(40)18-20-9-5-4-6-10-20)29(41)38(25)19-21-14-16-22(17-15-21)23-11-7-8-12-24(23)28-34-36-37-35-28/h4-12,14-17H,2-3,13,18-19H2,1H3,(H,34,35,36,37). The Labute approximate surface area is 233 Å². The maximum absolute atomic E-state index is 14.4. The number of hydrogen-bond acceptors (Lipinski definition) is 5. The van der Waals surface area contributed by atoms with E-state index in [2.05, 4.69) is 20.6 Å². The molecule has 0 aliphatic rings. The van der Waals surface area contributed by atoms with Gasteiger partial charge < -0.3 is 0 Å². The van der Waals surface area contributed by atoms with Crippen LogP contribution >= 0.6 is 0 Å². The summed E-state index contributed by atoms with van der Waals surface area (Å²) in [5.41, 5.74) is 1.22. The molecule has 0 saturated carbocycles. The van der Waals surface area contributed by atoms with Gasteiger partial charge in [-0.3, -0.25) is 9.36 Å². The lowest BCUT2D eigenvalue weighted by Gasteiger charge is -2.13. The van der Waals surface area contributed by atoms with E-state index in [1.807, 2.05) is 43.3 Å². The predicted molar refractivity (Wildman–Crippen MR) is 147 cm³/mol. The number of nitrogens with one attached hydrogen (secondary N) is 1. The van der Waals surface area contributed by atoms with Crippen molar-refractivity contribution in [2.24, 2.45) is 0 Å². The molecule has 8 nitrogen and oxygen atoms in total. The number of tetrazole rings is 1. The second kappa shape index (κ2) is 11.7. The van der Waals surface area contributed by atoms with Crippen LogP contribution in [0.15, 0.2) is 83.7 Å². The summed E-state index contributed by atoms with van der Waals surface area (Å²) in [6, 6.07) is 23.1. The van der Waals surface area contributed by atoms with Crippen LogP contribution in [0.3, 0.4) is 0 Å². The maximum Gasteiger partial charge on any atom is 0.433 e. The molecule has 0 unspecified atom stereocenters. The molecule has 0 aliphatic carbocycles. The highest BCUT2D eigenvalue weighted by molar-refractivity contribution is 5.82. The third-order valence-electron chi connectivity index (χ3n) is 6.85. The summed E-state index contributed by atoms with van der Waals surface area (Å²) >= 11 is 0. The summed E-state index contributed by atoms with van der Waals surface area (Å²) < 4.78 is 44.7. The molecule has 0 aliphatic heterocycles. The largest absolute Gasteiger partial charge is 0.433 e. The molecule has 11 heteroatoms. The molecule has 0 saturated heterocycles. The van der Waals surface area contributed by atoms with Gasteiger partial charge >= 0.3 is 11.9 Å². The Balaban J connectivity index is 1.53. The van der Waals surface area contributed by atoms with Crippen molar-refractivity contribution in [2.75, 3.05) is 0 Å². The Morgan fingerprint density at radius 1 is 0.902 bits per heavy atom. The Kier molecular flexibility index (Phi) is 7.95. The minimum atomic E-state index is -4.89. The molecule has 0 spiro atoms. The van der Waals surface area contributed by atoms with Crippen LogP contribution < -0.4 is 5.69 Å². The van der Waals surface area contributed by atoms with E-state index >= 15 is 0 Å². The lowest BCUT2D eigenvalue weighted by atomic mass is 9.98. The number of benzene rings is 3. The van der Waals surface area contributed by atoms with Crippen LogP contribution in [0, 0.1) is 0 Å². The number of rotatable bonds is 9. The van der Waals surface area contributed by atoms with Crippen LogP contribution in [0.5, 0.6) is 0 Å². The zero-order valence-corrected chi connectivity index (χ0v) is 22.2. The molecule has 1 N–H and O–H groups in total. The first-order valence-electron chi connectivity index (χ1n) is 13.2. The average molecular weight is 561 g/mol. The quantitative estimate of drug-likeness (QED) is 0.246. The zero-order chi connectivity index (χ0) is 29.0. The van der Waals surface area contributed by atoms with E-state index in [1.165, 1.54) is 0 Å². The number of alkyl halides is 3. The van der Waals surface area contributed by atoms with Crippen molar-refractivity contribution in [3.8, 4) is 22.5 Å². The number of carbonyl (C=O) groups is 1. The van der Waals surface area contributed by atoms with E-state index in [0.717, 1.165) is 21.3 Å². The molecule has 3 aromatic carbocycles. The maximum atomic E-state index is 14.4. The summed E-state index contributed by atoms with van der Waals surface area (Å²) in [7, 11) is 0. The third kappa shape index (κ3) is 5.88. The molecule has 5 rings (SSSR count). The zero-order valence-electron chi connectivity index (χ0n) is 22.2. The van der Waals surface area contributed by atoms with E-state index in [0.29, 0.717) is 34.4 Å². The number of aromatic amines is 1. The highest BCUT2D eigenvalue weighted by Crippen LogP contribution is 2.34. The highest BCUT2D eigenvalue weighted by Gasteiger charge is 2.42. The topological polar surface area (TPSA) is 98.5 Å². The molecule has 2 heterocycles. The van der Waals surface area contributed by atoms with Gasteiger partial charge in [-0.1, -0.05) is 92.2 Å². The number of aromatic nitrogens is 6. The smallest absolute Gasteiger partial charge is 0.291 e. The highest BCUT2D eigenvalue weighted by atomic mass is 19.4. The number of imidazole rings is 1. The first-order valence-corrected chi connectivity index (χ1v) is 13.2. The number of carbonyl (C=O) groups excluding carboxylic acids is 1. The SMILES string of the molecule is CCCCc1c(C(F)(F)F)n(C(=O)Cc2ccccc2)c(=O)n1Cc1ccc(-c2ccccc2-c2nn[nH]n2)cc1. The number of halogens is 3. The van der Waals surface area contributed by atoms with E-state index in [9.17, 15) is 22.8 Å². The number of nitrogens with zero attached hydrogens (tertiary/aromatic N) is 5. The molecule has 0 amide bonds. The van der Waals surface area contributed by atoms with Gasteiger partial charge in [0.05, 0.1) is 18.7 Å². The minimum Gasteiger partial charge on any atom is -0.291 e. The van der Waals surface area contributed by atoms with Crippen molar-refractivity contribution in [2.45, 2.75) is 45.3 Å². The fraction of sp³-hybridized carbons (Fsp3) is 0.233. The summed E-state index contributed by atoms with van der Waals surface area (Å²) in [4.78, 5) is 26.7. The molecule has 41 heavy (non-hydrogen) atoms. The molecule has 210 valence electrons. The second-order valence-corrected chi connectivity index (χ2v) is 9.63. The van der Waals surface area contributed by atoms with Crippen LogP contribution in [-0.4, -0.2) is 35.7 Å². The minimum absolute atomic E-state index is 0.0162. The van der Waals surface area contributed by atoms with Crippen LogP contribution in [0.1, 0.15) is 47.1 Å². The van der Waals surface area contributed by atoms with Gasteiger partial charge in [-0.2, -0.15) is 18.4 Å². The van der Waals surface area contributed by atoms with Gasteiger partial charge in [0.25, 0.3) is 0 Å². The summed E-state index contributed by atoms with van der Waals surface area (Å²) in [6.45, 7) is 1.75. The van der Waals surface area contributed by atoms with Crippen molar-refractivity contribution in [3.63, 3.8) is 0 Å². The fourth-order valence-electron chi connectivity index (χ4n) is 4.90. The Hall–Kier alpha value is -4.80. The van der Waals surface area contributed by atoms with Crippen LogP contribution in [0.25, 0.3) is 22.5 Å². The van der Waals surface area contributed by atoms with E-state index in [1.54, 1.807) is 42.5 Å². The second-order valence-electron chi connectivity index (χ2n) is 9.63. The monoisotopic (exact) mass is 560 g/mol. The summed E-state index contributed by atoms with van der Waals surface area (Å²) in [5, 5.41) is 14.2. The van der Waals surface area contributed by atoms with Crippen LogP contribution in [0.2, 0.25) is 0 Å². The van der Waals surface area contributed by atoms with Gasteiger partial charge in [0.15, 0.2) is 5.69 Å². The van der Waals surface area contributed by atoms with Crippen molar-refractivity contribution in [3.05, 3.63) is 112 Å². The number of H-pyrrole nitrogens is 1. The lowest BCUT2D eigenvalue weighted by molar-refractivity contribution is -0.143. The van der Waals surface area contributed by atoms with Crippen molar-refractivity contribution in [1.29, 1.82) is 0 Å². The molecule has 0 bridgehead atoms. The molecule has 0 atom stereocenters. The molecular formula is C30H27F3N6O2. The van der Waals surface area contributed by atoms with Gasteiger partial charge in [0.1, 0.15) is 0 Å². The van der Waals surface area contributed by atoms with Gasteiger partial charge in [-0.15, -0.1) is 10.2 Å². The van der Waals surface area contributed by atoms with Crippen molar-refractivity contribution in [1.82, 2.24) is 29.8 Å². The first kappa shape index (κ1) is 27.8. The number of unbranched alkanes of at least 4 members (excludes halogenated alkanes) is 1. The summed E-state index contributed by atoms with van der Waals surface area (Å²) in [6.07, 6.45) is -4.13. The van der Waals surface area contributed by atoms with Crippen LogP contribution in [0.4, 0.5) is 13.2 Å². The van der Waals surface area contributed by atoms with Crippen molar-refractivity contribution >= 4 is 5.91 Å². The molecule has 0 fully saturated rings. The lowest BCUT2D eigenvalue weighted by Crippen LogP contribution is -2.33. The molecule has 2 aromatic heterocycles. The van der Waals surface area contributed by atoms with Crippen LogP contribution in [-0.2, 0) is 25.6 Å². The van der Waals surface area contributed by atoms with E-state index < -0.39 is 23.5 Å². The van der Waals surface area contributed by atoms with E-state index in [-0.39, 0.29) is 25.1 Å².